The fourth-order valence-corrected chi connectivity index (χ4v) is 7.41. The molecule has 41 heavy (non-hydrogen) atoms. The molecule has 2 aromatic carbocycles. The molecule has 8 nitrogen and oxygen atoms in total. The average Bonchev–Trinajstić information content (AvgIpc) is 3.72. The van der Waals surface area contributed by atoms with Gasteiger partial charge < -0.3 is 19.8 Å². The number of likely N-dealkylation sites (tertiary alicyclic amines) is 1. The first-order valence-corrected chi connectivity index (χ1v) is 16.4. The highest BCUT2D eigenvalue weighted by atomic mass is 32.2. The van der Waals surface area contributed by atoms with Crippen molar-refractivity contribution in [2.24, 2.45) is 11.8 Å². The average molecular weight is 584 g/mol. The summed E-state index contributed by atoms with van der Waals surface area (Å²) in [6.45, 7) is 4.15. The van der Waals surface area contributed by atoms with E-state index in [-0.39, 0.29) is 5.75 Å². The van der Waals surface area contributed by atoms with Crippen LogP contribution in [0.3, 0.4) is 0 Å². The van der Waals surface area contributed by atoms with Gasteiger partial charge in [0.25, 0.3) is 0 Å². The largest absolute Gasteiger partial charge is 0.494 e. The fourth-order valence-electron chi connectivity index (χ4n) is 5.63. The summed E-state index contributed by atoms with van der Waals surface area (Å²) in [5, 5.41) is 15.6. The second kappa shape index (κ2) is 14.6. The molecule has 222 valence electrons. The van der Waals surface area contributed by atoms with Crippen molar-refractivity contribution in [3.8, 4) is 5.75 Å². The van der Waals surface area contributed by atoms with Crippen molar-refractivity contribution in [1.82, 2.24) is 4.90 Å². The summed E-state index contributed by atoms with van der Waals surface area (Å²) in [4.78, 5) is 21.7. The van der Waals surface area contributed by atoms with Crippen LogP contribution in [-0.4, -0.2) is 73.2 Å². The second-order valence-corrected chi connectivity index (χ2v) is 13.6. The lowest BCUT2D eigenvalue weighted by Gasteiger charge is -2.40. The molecule has 0 unspecified atom stereocenters. The van der Waals surface area contributed by atoms with Crippen molar-refractivity contribution in [1.29, 1.82) is 0 Å². The molecular weight excluding hydrogens is 542 g/mol. The third kappa shape index (κ3) is 10.3. The molecule has 0 amide bonds. The Balaban J connectivity index is 0.000000426. The number of ether oxygens (including phenoxy) is 1. The van der Waals surface area contributed by atoms with Crippen LogP contribution in [0.5, 0.6) is 5.75 Å². The van der Waals surface area contributed by atoms with Crippen LogP contribution in [0.2, 0.25) is 0 Å². The third-order valence-electron chi connectivity index (χ3n) is 8.03. The second-order valence-electron chi connectivity index (χ2n) is 11.4. The minimum absolute atomic E-state index is 0.239. The summed E-state index contributed by atoms with van der Waals surface area (Å²) < 4.78 is 30.4. The van der Waals surface area contributed by atoms with Crippen LogP contribution in [0.1, 0.15) is 54.7 Å². The minimum Gasteiger partial charge on any atom is -0.494 e. The lowest BCUT2D eigenvalue weighted by atomic mass is 9.72. The molecule has 1 aliphatic heterocycles. The number of sulfone groups is 1. The van der Waals surface area contributed by atoms with Crippen LogP contribution in [0, 0.1) is 11.8 Å². The van der Waals surface area contributed by atoms with Gasteiger partial charge in [-0.05, 0) is 105 Å². The molecule has 2 aromatic rings. The first kappa shape index (κ1) is 30.8. The SMILES string of the molecule is O=C(O)/C=C/C(=O)O.O=S(=O)(CCCOc1ccc2c(c1)[C@H](Cc1ccccc1)[C@H](CN1CCC1)CC2)CC1CC1. The van der Waals surface area contributed by atoms with E-state index in [9.17, 15) is 18.0 Å². The van der Waals surface area contributed by atoms with E-state index in [1.165, 1.54) is 49.2 Å². The number of fused-ring (bicyclic) bond motifs is 1. The summed E-state index contributed by atoms with van der Waals surface area (Å²) in [5.74, 6) is 0.562. The molecule has 5 rings (SSSR count). The van der Waals surface area contributed by atoms with Crippen LogP contribution in [0.4, 0.5) is 0 Å². The van der Waals surface area contributed by atoms with Gasteiger partial charge in [0.15, 0.2) is 9.84 Å². The molecule has 0 bridgehead atoms. The van der Waals surface area contributed by atoms with Gasteiger partial charge in [-0.3, -0.25) is 0 Å². The van der Waals surface area contributed by atoms with Crippen LogP contribution >= 0.6 is 0 Å². The van der Waals surface area contributed by atoms with Gasteiger partial charge in [0.1, 0.15) is 5.75 Å². The molecule has 1 heterocycles. The Morgan fingerprint density at radius 3 is 2.29 bits per heavy atom. The highest BCUT2D eigenvalue weighted by Crippen LogP contribution is 2.41. The Bertz CT molecular complexity index is 1280. The molecule has 2 atom stereocenters. The highest BCUT2D eigenvalue weighted by molar-refractivity contribution is 7.91. The molecule has 2 aliphatic carbocycles. The molecule has 2 fully saturated rings. The topological polar surface area (TPSA) is 121 Å². The summed E-state index contributed by atoms with van der Waals surface area (Å²) in [7, 11) is -2.93. The quantitative estimate of drug-likeness (QED) is 0.260. The standard InChI is InChI=1S/C28H37NO3S.C4H4O4/c30-33(31,21-23-8-9-23)17-5-16-32-26-13-12-24-10-11-25(20-29-14-4-15-29)27(28(24)19-26)18-22-6-2-1-3-7-22;5-3(6)1-2-4(7)8/h1-3,6-7,12-13,19,23,25,27H,4-5,8-11,14-18,20-21H2;1-2H,(H,5,6)(H,7,8)/b;2-1+/t25-,27+;/m0./s1. The fraction of sp³-hybridized carbons (Fsp3) is 0.500. The van der Waals surface area contributed by atoms with Gasteiger partial charge in [-0.2, -0.15) is 0 Å². The van der Waals surface area contributed by atoms with Gasteiger partial charge in [-0.25, -0.2) is 18.0 Å². The van der Waals surface area contributed by atoms with E-state index in [0.29, 0.717) is 48.7 Å². The Labute approximate surface area is 242 Å². The maximum absolute atomic E-state index is 12.2. The smallest absolute Gasteiger partial charge is 0.328 e. The monoisotopic (exact) mass is 583 g/mol. The van der Waals surface area contributed by atoms with Gasteiger partial charge in [0.05, 0.1) is 18.1 Å². The molecule has 0 aromatic heterocycles. The van der Waals surface area contributed by atoms with E-state index in [1.54, 1.807) is 0 Å². The number of hydrogen-bond donors (Lipinski definition) is 2. The van der Waals surface area contributed by atoms with E-state index in [2.05, 4.69) is 53.4 Å². The first-order valence-electron chi connectivity index (χ1n) is 14.5. The third-order valence-corrected chi connectivity index (χ3v) is 9.92. The van der Waals surface area contributed by atoms with Gasteiger partial charge in [-0.15, -0.1) is 0 Å². The molecule has 0 radical (unpaired) electrons. The molecular formula is C32H41NO7S. The molecule has 9 heteroatoms. The predicted octanol–water partition coefficient (Wildman–Crippen LogP) is 4.59. The Morgan fingerprint density at radius 2 is 1.68 bits per heavy atom. The van der Waals surface area contributed by atoms with Crippen molar-refractivity contribution < 1.29 is 33.0 Å². The normalized spacial score (nSPS) is 20.4. The van der Waals surface area contributed by atoms with E-state index < -0.39 is 21.8 Å². The lowest BCUT2D eigenvalue weighted by molar-refractivity contribution is -0.134. The van der Waals surface area contributed by atoms with Crippen LogP contribution in [-0.2, 0) is 32.3 Å². The number of benzene rings is 2. The molecule has 3 aliphatic rings. The minimum atomic E-state index is -2.93. The molecule has 0 spiro atoms. The number of carboxylic acid groups (broad SMARTS) is 2. The number of aryl methyl sites for hydroxylation is 1. The van der Waals surface area contributed by atoms with Crippen molar-refractivity contribution in [2.75, 3.05) is 37.7 Å². The maximum atomic E-state index is 12.2. The Kier molecular flexibility index (Phi) is 11.0. The zero-order valence-corrected chi connectivity index (χ0v) is 24.3. The Morgan fingerprint density at radius 1 is 0.976 bits per heavy atom. The molecule has 1 saturated heterocycles. The van der Waals surface area contributed by atoms with Crippen molar-refractivity contribution >= 4 is 21.8 Å². The Hall–Kier alpha value is -3.17. The number of hydrogen-bond acceptors (Lipinski definition) is 6. The number of aliphatic carboxylic acids is 2. The van der Waals surface area contributed by atoms with Crippen molar-refractivity contribution in [2.45, 2.75) is 50.9 Å². The van der Waals surface area contributed by atoms with E-state index in [1.807, 2.05) is 0 Å². The summed E-state index contributed by atoms with van der Waals surface area (Å²) in [6.07, 6.45) is 8.62. The van der Waals surface area contributed by atoms with Crippen molar-refractivity contribution in [3.63, 3.8) is 0 Å². The summed E-state index contributed by atoms with van der Waals surface area (Å²) >= 11 is 0. The number of carboxylic acids is 2. The zero-order valence-electron chi connectivity index (χ0n) is 23.5. The maximum Gasteiger partial charge on any atom is 0.328 e. The predicted molar refractivity (Wildman–Crippen MR) is 158 cm³/mol. The molecule has 2 N–H and O–H groups in total. The summed E-state index contributed by atoms with van der Waals surface area (Å²) in [5.41, 5.74) is 4.29. The highest BCUT2D eigenvalue weighted by Gasteiger charge is 2.32. The van der Waals surface area contributed by atoms with E-state index in [0.717, 1.165) is 31.4 Å². The number of carbonyl (C=O) groups is 2. The van der Waals surface area contributed by atoms with Gasteiger partial charge in [-0.1, -0.05) is 36.4 Å². The van der Waals surface area contributed by atoms with E-state index >= 15 is 0 Å². The van der Waals surface area contributed by atoms with E-state index in [4.69, 9.17) is 14.9 Å². The van der Waals surface area contributed by atoms with Crippen LogP contribution in [0.25, 0.3) is 0 Å². The van der Waals surface area contributed by atoms with Crippen LogP contribution < -0.4 is 4.74 Å². The summed E-state index contributed by atoms with van der Waals surface area (Å²) in [6, 6.07) is 17.4. The van der Waals surface area contributed by atoms with Crippen LogP contribution in [0.15, 0.2) is 60.7 Å². The number of nitrogens with zero attached hydrogens (tertiary/aromatic N) is 1. The molecule has 1 saturated carbocycles. The lowest BCUT2D eigenvalue weighted by Crippen LogP contribution is -2.43. The first-order chi connectivity index (χ1) is 19.7. The van der Waals surface area contributed by atoms with Gasteiger partial charge in [0.2, 0.25) is 0 Å². The van der Waals surface area contributed by atoms with Crippen molar-refractivity contribution in [3.05, 3.63) is 77.4 Å². The van der Waals surface area contributed by atoms with Gasteiger partial charge in [0, 0.05) is 18.7 Å². The van der Waals surface area contributed by atoms with Gasteiger partial charge >= 0.3 is 11.9 Å². The number of rotatable bonds is 13. The zero-order chi connectivity index (χ0) is 29.2.